The number of ether oxygens (including phenoxy) is 1. The number of amides is 3. The number of carbonyl (C=O) groups is 2. The molecule has 38 heavy (non-hydrogen) atoms. The van der Waals surface area contributed by atoms with E-state index >= 15 is 0 Å². The fourth-order valence-electron chi connectivity index (χ4n) is 4.27. The predicted octanol–water partition coefficient (Wildman–Crippen LogP) is 4.44. The van der Waals surface area contributed by atoms with Gasteiger partial charge in [0.25, 0.3) is 0 Å². The normalized spacial score (nSPS) is 13.7. The summed E-state index contributed by atoms with van der Waals surface area (Å²) < 4.78 is 11.0. The highest BCUT2D eigenvalue weighted by Gasteiger charge is 2.23. The van der Waals surface area contributed by atoms with Gasteiger partial charge in [0.05, 0.1) is 26.0 Å². The number of hydrogen-bond donors (Lipinski definition) is 1. The van der Waals surface area contributed by atoms with Gasteiger partial charge in [-0.3, -0.25) is 9.69 Å². The van der Waals surface area contributed by atoms with Crippen LogP contribution in [0.15, 0.2) is 82.3 Å². The molecule has 0 unspecified atom stereocenters. The lowest BCUT2D eigenvalue weighted by molar-refractivity contribution is -0.132. The predicted molar refractivity (Wildman–Crippen MR) is 150 cm³/mol. The van der Waals surface area contributed by atoms with Crippen molar-refractivity contribution in [2.45, 2.75) is 17.9 Å². The lowest BCUT2D eigenvalue weighted by Gasteiger charge is -2.31. The average Bonchev–Trinajstić information content (AvgIpc) is 3.48. The maximum atomic E-state index is 13.6. The van der Waals surface area contributed by atoms with Crippen molar-refractivity contribution in [2.75, 3.05) is 64.1 Å². The number of thioether (sulfide) groups is 1. The van der Waals surface area contributed by atoms with Crippen LogP contribution in [0, 0.1) is 0 Å². The molecule has 3 aromatic rings. The quantitative estimate of drug-likeness (QED) is 0.345. The Morgan fingerprint density at radius 1 is 0.947 bits per heavy atom. The largest absolute Gasteiger partial charge is 0.467 e. The van der Waals surface area contributed by atoms with Gasteiger partial charge in [-0.05, 0) is 54.6 Å². The van der Waals surface area contributed by atoms with Crippen molar-refractivity contribution >= 4 is 29.4 Å². The third-order valence-electron chi connectivity index (χ3n) is 6.54. The lowest BCUT2D eigenvalue weighted by Crippen LogP contribution is -2.48. The van der Waals surface area contributed by atoms with Crippen molar-refractivity contribution in [1.82, 2.24) is 14.7 Å². The van der Waals surface area contributed by atoms with E-state index < -0.39 is 0 Å². The SMILES string of the molecule is CSc1ccc(NC(=O)N(CCN2CCOCC2)CC(=O)N(CCc2ccccc2)Cc2ccco2)cc1. The van der Waals surface area contributed by atoms with Crippen LogP contribution >= 0.6 is 11.8 Å². The van der Waals surface area contributed by atoms with Gasteiger partial charge in [-0.1, -0.05) is 30.3 Å². The van der Waals surface area contributed by atoms with Crippen LogP contribution in [-0.2, 0) is 22.5 Å². The number of nitrogens with one attached hydrogen (secondary N) is 1. The number of rotatable bonds is 12. The number of benzene rings is 2. The molecule has 4 rings (SSSR count). The van der Waals surface area contributed by atoms with Crippen LogP contribution in [-0.4, -0.2) is 85.4 Å². The second-order valence-corrected chi connectivity index (χ2v) is 10.0. The number of urea groups is 1. The summed E-state index contributed by atoms with van der Waals surface area (Å²) in [5, 5.41) is 2.97. The zero-order chi connectivity index (χ0) is 26.6. The monoisotopic (exact) mass is 536 g/mol. The minimum absolute atomic E-state index is 0.0193. The van der Waals surface area contributed by atoms with E-state index in [0.29, 0.717) is 50.8 Å². The van der Waals surface area contributed by atoms with Crippen molar-refractivity contribution in [1.29, 1.82) is 0 Å². The summed E-state index contributed by atoms with van der Waals surface area (Å²) in [4.78, 5) is 33.8. The third kappa shape index (κ3) is 8.65. The Morgan fingerprint density at radius 2 is 1.71 bits per heavy atom. The molecule has 8 nitrogen and oxygen atoms in total. The van der Waals surface area contributed by atoms with Crippen molar-refractivity contribution in [2.24, 2.45) is 0 Å². The summed E-state index contributed by atoms with van der Waals surface area (Å²) in [7, 11) is 0. The number of nitrogens with zero attached hydrogens (tertiary/aromatic N) is 3. The zero-order valence-electron chi connectivity index (χ0n) is 21.9. The molecule has 1 N–H and O–H groups in total. The van der Waals surface area contributed by atoms with Gasteiger partial charge < -0.3 is 24.3 Å². The van der Waals surface area contributed by atoms with Crippen molar-refractivity contribution < 1.29 is 18.7 Å². The minimum atomic E-state index is -0.287. The molecule has 1 aliphatic rings. The molecule has 202 valence electrons. The highest BCUT2D eigenvalue weighted by atomic mass is 32.2. The Labute approximate surface area is 228 Å². The second-order valence-electron chi connectivity index (χ2n) is 9.16. The Hall–Kier alpha value is -3.27. The highest BCUT2D eigenvalue weighted by Crippen LogP contribution is 2.18. The molecule has 9 heteroatoms. The van der Waals surface area contributed by atoms with Crippen LogP contribution in [0.4, 0.5) is 10.5 Å². The molecule has 0 radical (unpaired) electrons. The molecule has 1 aliphatic heterocycles. The first kappa shape index (κ1) is 27.8. The molecule has 0 saturated carbocycles. The molecule has 2 heterocycles. The smallest absolute Gasteiger partial charge is 0.322 e. The Bertz CT molecular complexity index is 1120. The summed E-state index contributed by atoms with van der Waals surface area (Å²) in [5.41, 5.74) is 1.86. The summed E-state index contributed by atoms with van der Waals surface area (Å²) >= 11 is 1.65. The van der Waals surface area contributed by atoms with Crippen LogP contribution in [0.1, 0.15) is 11.3 Å². The third-order valence-corrected chi connectivity index (χ3v) is 7.28. The summed E-state index contributed by atoms with van der Waals surface area (Å²) in [6, 6.07) is 21.2. The van der Waals surface area contributed by atoms with Crippen LogP contribution in [0.5, 0.6) is 0 Å². The van der Waals surface area contributed by atoms with E-state index in [4.69, 9.17) is 9.15 Å². The van der Waals surface area contributed by atoms with Gasteiger partial charge in [-0.25, -0.2) is 4.79 Å². The van der Waals surface area contributed by atoms with Gasteiger partial charge in [0.1, 0.15) is 12.3 Å². The average molecular weight is 537 g/mol. The van der Waals surface area contributed by atoms with E-state index in [2.05, 4.69) is 22.3 Å². The van der Waals surface area contributed by atoms with E-state index in [1.54, 1.807) is 27.8 Å². The van der Waals surface area contributed by atoms with Crippen molar-refractivity contribution in [3.63, 3.8) is 0 Å². The molecule has 0 aliphatic carbocycles. The molecule has 0 bridgehead atoms. The Morgan fingerprint density at radius 3 is 2.39 bits per heavy atom. The van der Waals surface area contributed by atoms with Gasteiger partial charge in [0, 0.05) is 43.3 Å². The second kappa shape index (κ2) is 14.6. The van der Waals surface area contributed by atoms with Crippen molar-refractivity contribution in [3.05, 3.63) is 84.3 Å². The molecule has 3 amide bonds. The summed E-state index contributed by atoms with van der Waals surface area (Å²) in [5.74, 6) is 0.594. The molecule has 1 aromatic heterocycles. The van der Waals surface area contributed by atoms with Gasteiger partial charge in [0.15, 0.2) is 0 Å². The van der Waals surface area contributed by atoms with Crippen molar-refractivity contribution in [3.8, 4) is 0 Å². The number of anilines is 1. The van der Waals surface area contributed by atoms with E-state index in [1.165, 1.54) is 0 Å². The number of hydrogen-bond acceptors (Lipinski definition) is 6. The first-order valence-corrected chi connectivity index (χ1v) is 14.2. The molecule has 2 aromatic carbocycles. The number of morpholine rings is 1. The number of carbonyl (C=O) groups excluding carboxylic acids is 2. The fourth-order valence-corrected chi connectivity index (χ4v) is 4.68. The van der Waals surface area contributed by atoms with E-state index in [-0.39, 0.29) is 18.5 Å². The topological polar surface area (TPSA) is 78.3 Å². The maximum Gasteiger partial charge on any atom is 0.322 e. The highest BCUT2D eigenvalue weighted by molar-refractivity contribution is 7.98. The van der Waals surface area contributed by atoms with Crippen LogP contribution < -0.4 is 5.32 Å². The number of furan rings is 1. The van der Waals surface area contributed by atoms with E-state index in [1.807, 2.05) is 60.9 Å². The first-order chi connectivity index (χ1) is 18.6. The molecule has 0 atom stereocenters. The van der Waals surface area contributed by atoms with Crippen LogP contribution in [0.2, 0.25) is 0 Å². The van der Waals surface area contributed by atoms with Crippen LogP contribution in [0.3, 0.4) is 0 Å². The van der Waals surface area contributed by atoms with Crippen LogP contribution in [0.25, 0.3) is 0 Å². The zero-order valence-corrected chi connectivity index (χ0v) is 22.7. The Kier molecular flexibility index (Phi) is 10.7. The maximum absolute atomic E-state index is 13.6. The Balaban J connectivity index is 1.45. The van der Waals surface area contributed by atoms with Gasteiger partial charge in [-0.15, -0.1) is 11.8 Å². The molecular formula is C29H36N4O4S. The molecular weight excluding hydrogens is 500 g/mol. The molecule has 1 saturated heterocycles. The lowest BCUT2D eigenvalue weighted by atomic mass is 10.1. The molecule has 1 fully saturated rings. The van der Waals surface area contributed by atoms with Gasteiger partial charge >= 0.3 is 6.03 Å². The van der Waals surface area contributed by atoms with E-state index in [0.717, 1.165) is 30.0 Å². The minimum Gasteiger partial charge on any atom is -0.467 e. The first-order valence-electron chi connectivity index (χ1n) is 12.9. The van der Waals surface area contributed by atoms with E-state index in [9.17, 15) is 9.59 Å². The summed E-state index contributed by atoms with van der Waals surface area (Å²) in [6.07, 6.45) is 4.34. The summed E-state index contributed by atoms with van der Waals surface area (Å²) in [6.45, 7) is 4.99. The molecule has 0 spiro atoms. The van der Waals surface area contributed by atoms with Gasteiger partial charge in [-0.2, -0.15) is 0 Å². The standard InChI is InChI=1S/C29H36N4O4S/c1-38-27-11-9-25(10-12-27)30-29(35)33(16-15-31-17-20-36-21-18-31)23-28(34)32(22-26-8-5-19-37-26)14-13-24-6-3-2-4-7-24/h2-12,19H,13-18,20-23H2,1H3,(H,30,35). The fraction of sp³-hybridized carbons (Fsp3) is 0.379. The van der Waals surface area contributed by atoms with Gasteiger partial charge in [0.2, 0.25) is 5.91 Å².